The van der Waals surface area contributed by atoms with Gasteiger partial charge in [-0.3, -0.25) is 4.21 Å². The smallest absolute Gasteiger partial charge is 0.338 e. The van der Waals surface area contributed by atoms with Gasteiger partial charge >= 0.3 is 5.97 Å². The van der Waals surface area contributed by atoms with Crippen LogP contribution in [0.4, 0.5) is 0 Å². The maximum atomic E-state index is 12.5. The molecule has 110 valence electrons. The maximum Gasteiger partial charge on any atom is 0.338 e. The van der Waals surface area contributed by atoms with Crippen LogP contribution in [0.5, 0.6) is 0 Å². The molecule has 0 radical (unpaired) electrons. The van der Waals surface area contributed by atoms with Crippen molar-refractivity contribution in [2.24, 2.45) is 0 Å². The molecule has 0 aliphatic heterocycles. The Morgan fingerprint density at radius 1 is 1.10 bits per heavy atom. The molecule has 3 nitrogen and oxygen atoms in total. The second-order valence-corrected chi connectivity index (χ2v) is 6.39. The molecule has 0 spiro atoms. The molecule has 0 saturated carbocycles. The van der Waals surface area contributed by atoms with Gasteiger partial charge in [0, 0.05) is 0 Å². The number of benzene rings is 2. The molecule has 0 aromatic heterocycles. The summed E-state index contributed by atoms with van der Waals surface area (Å²) in [7, 11) is -0.151. The molecule has 0 amide bonds. The number of halogens is 2. The van der Waals surface area contributed by atoms with E-state index in [-0.39, 0.29) is 5.75 Å². The first-order valence-electron chi connectivity index (χ1n) is 6.03. The van der Waals surface area contributed by atoms with Crippen LogP contribution in [-0.4, -0.2) is 17.3 Å². The van der Waals surface area contributed by atoms with Crippen molar-refractivity contribution in [3.8, 4) is 0 Å². The van der Waals surface area contributed by atoms with Crippen LogP contribution in [-0.2, 0) is 21.3 Å². The van der Waals surface area contributed by atoms with Gasteiger partial charge < -0.3 is 4.74 Å². The van der Waals surface area contributed by atoms with Gasteiger partial charge in [-0.1, -0.05) is 47.5 Å². The monoisotopic (exact) mass is 342 g/mol. The van der Waals surface area contributed by atoms with Crippen molar-refractivity contribution in [2.45, 2.75) is 10.6 Å². The van der Waals surface area contributed by atoms with Crippen LogP contribution in [0.1, 0.15) is 15.9 Å². The van der Waals surface area contributed by atoms with E-state index in [9.17, 15) is 9.00 Å². The van der Waals surface area contributed by atoms with Gasteiger partial charge in [-0.25, -0.2) is 4.79 Å². The number of hydrogen-bond donors (Lipinski definition) is 0. The number of methoxy groups -OCH3 is 1. The number of esters is 1. The van der Waals surface area contributed by atoms with E-state index in [1.54, 1.807) is 42.5 Å². The molecule has 0 N–H and O–H groups in total. The molecule has 2 aromatic rings. The lowest BCUT2D eigenvalue weighted by molar-refractivity contribution is 0.0600. The van der Waals surface area contributed by atoms with Crippen LogP contribution in [0.25, 0.3) is 0 Å². The average molecular weight is 343 g/mol. The normalized spacial score (nSPS) is 12.0. The third-order valence-electron chi connectivity index (χ3n) is 2.86. The molecule has 0 aliphatic rings. The van der Waals surface area contributed by atoms with Gasteiger partial charge in [0.25, 0.3) is 0 Å². The number of hydrogen-bond acceptors (Lipinski definition) is 3. The fourth-order valence-electron chi connectivity index (χ4n) is 1.87. The topological polar surface area (TPSA) is 43.4 Å². The molecule has 21 heavy (non-hydrogen) atoms. The van der Waals surface area contributed by atoms with E-state index in [1.807, 2.05) is 0 Å². The number of carbonyl (C=O) groups is 1. The van der Waals surface area contributed by atoms with Crippen LogP contribution in [0.2, 0.25) is 10.0 Å². The minimum atomic E-state index is -1.46. The van der Waals surface area contributed by atoms with E-state index in [2.05, 4.69) is 0 Å². The fraction of sp³-hybridized carbons (Fsp3) is 0.133. The predicted molar refractivity (Wildman–Crippen MR) is 84.4 cm³/mol. The summed E-state index contributed by atoms with van der Waals surface area (Å²) in [4.78, 5) is 12.1. The minimum Gasteiger partial charge on any atom is -0.465 e. The molecule has 0 heterocycles. The molecule has 2 aromatic carbocycles. The molecular weight excluding hydrogens is 331 g/mol. The Labute approximate surface area is 135 Å². The van der Waals surface area contributed by atoms with Gasteiger partial charge in [0.05, 0.1) is 44.2 Å². The third-order valence-corrected chi connectivity index (χ3v) is 5.18. The number of carbonyl (C=O) groups excluding carboxylic acids is 1. The Morgan fingerprint density at radius 2 is 1.71 bits per heavy atom. The summed E-state index contributed by atoms with van der Waals surface area (Å²) in [6.07, 6.45) is 0. The van der Waals surface area contributed by atoms with Crippen LogP contribution in [0.15, 0.2) is 47.4 Å². The molecule has 0 saturated heterocycles. The lowest BCUT2D eigenvalue weighted by atomic mass is 10.1. The zero-order chi connectivity index (χ0) is 15.4. The van der Waals surface area contributed by atoms with Crippen molar-refractivity contribution in [3.63, 3.8) is 0 Å². The summed E-state index contributed by atoms with van der Waals surface area (Å²) in [6.45, 7) is 0. The van der Waals surface area contributed by atoms with Crippen LogP contribution in [0.3, 0.4) is 0 Å². The van der Waals surface area contributed by atoms with E-state index >= 15 is 0 Å². The lowest BCUT2D eigenvalue weighted by Gasteiger charge is -2.10. The van der Waals surface area contributed by atoms with E-state index < -0.39 is 16.8 Å². The second kappa shape index (κ2) is 7.07. The van der Waals surface area contributed by atoms with Crippen molar-refractivity contribution >= 4 is 40.0 Å². The van der Waals surface area contributed by atoms with Gasteiger partial charge in [-0.05, 0) is 23.8 Å². The first-order chi connectivity index (χ1) is 10.0. The summed E-state index contributed by atoms with van der Waals surface area (Å²) >= 11 is 12.1. The molecule has 2 rings (SSSR count). The van der Waals surface area contributed by atoms with E-state index in [0.29, 0.717) is 26.1 Å². The van der Waals surface area contributed by atoms with Crippen molar-refractivity contribution < 1.29 is 13.7 Å². The van der Waals surface area contributed by atoms with Crippen LogP contribution < -0.4 is 0 Å². The van der Waals surface area contributed by atoms with E-state index in [4.69, 9.17) is 27.9 Å². The van der Waals surface area contributed by atoms with Gasteiger partial charge in [0.2, 0.25) is 0 Å². The zero-order valence-electron chi connectivity index (χ0n) is 11.1. The van der Waals surface area contributed by atoms with Crippen LogP contribution >= 0.6 is 23.2 Å². The van der Waals surface area contributed by atoms with E-state index in [1.165, 1.54) is 7.11 Å². The van der Waals surface area contributed by atoms with Gasteiger partial charge in [-0.15, -0.1) is 0 Å². The van der Waals surface area contributed by atoms with Gasteiger partial charge in [0.1, 0.15) is 0 Å². The zero-order valence-corrected chi connectivity index (χ0v) is 13.5. The molecule has 0 aliphatic carbocycles. The standard InChI is InChI=1S/C15H12Cl2O3S/c1-20-15(18)11-6-3-2-5-10(11)9-21(19)14-12(16)7-4-8-13(14)17/h2-8H,9H2,1H3. The van der Waals surface area contributed by atoms with Gasteiger partial charge in [0.15, 0.2) is 0 Å². The Hall–Kier alpha value is -1.36. The summed E-state index contributed by atoms with van der Waals surface area (Å²) < 4.78 is 17.2. The van der Waals surface area contributed by atoms with Crippen molar-refractivity contribution in [3.05, 3.63) is 63.6 Å². The quantitative estimate of drug-likeness (QED) is 0.786. The third kappa shape index (κ3) is 3.64. The highest BCUT2D eigenvalue weighted by atomic mass is 35.5. The first-order valence-corrected chi connectivity index (χ1v) is 8.10. The second-order valence-electron chi connectivity index (χ2n) is 4.19. The highest BCUT2D eigenvalue weighted by Gasteiger charge is 2.17. The SMILES string of the molecule is COC(=O)c1ccccc1CS(=O)c1c(Cl)cccc1Cl. The molecular formula is C15H12Cl2O3S. The Kier molecular flexibility index (Phi) is 5.39. The summed E-state index contributed by atoms with van der Waals surface area (Å²) in [5, 5.41) is 0.688. The first kappa shape index (κ1) is 16.0. The summed E-state index contributed by atoms with van der Waals surface area (Å²) in [5.74, 6) is -0.331. The van der Waals surface area contributed by atoms with Crippen molar-refractivity contribution in [2.75, 3.05) is 7.11 Å². The highest BCUT2D eigenvalue weighted by molar-refractivity contribution is 7.84. The maximum absolute atomic E-state index is 12.5. The molecule has 1 unspecified atom stereocenters. The average Bonchev–Trinajstić information content (AvgIpc) is 2.47. The lowest BCUT2D eigenvalue weighted by Crippen LogP contribution is -2.08. The van der Waals surface area contributed by atoms with E-state index in [0.717, 1.165) is 0 Å². The minimum absolute atomic E-state index is 0.134. The highest BCUT2D eigenvalue weighted by Crippen LogP contribution is 2.29. The predicted octanol–water partition coefficient (Wildman–Crippen LogP) is 4.09. The Balaban J connectivity index is 2.35. The van der Waals surface area contributed by atoms with Crippen LogP contribution in [0, 0.1) is 0 Å². The summed E-state index contributed by atoms with van der Waals surface area (Å²) in [6, 6.07) is 11.8. The van der Waals surface area contributed by atoms with Gasteiger partial charge in [-0.2, -0.15) is 0 Å². The fourth-order valence-corrected chi connectivity index (χ4v) is 4.03. The molecule has 6 heteroatoms. The Morgan fingerprint density at radius 3 is 2.33 bits per heavy atom. The summed E-state index contributed by atoms with van der Waals surface area (Å²) in [5.41, 5.74) is 1.01. The number of ether oxygens (including phenoxy) is 1. The number of rotatable bonds is 4. The Bertz CT molecular complexity index is 681. The van der Waals surface area contributed by atoms with Crippen molar-refractivity contribution in [1.82, 2.24) is 0 Å². The van der Waals surface area contributed by atoms with Crippen molar-refractivity contribution in [1.29, 1.82) is 0 Å². The molecule has 1 atom stereocenters. The molecule has 0 bridgehead atoms. The molecule has 0 fully saturated rings. The largest absolute Gasteiger partial charge is 0.465 e.